The molecule has 3 rings (SSSR count). The van der Waals surface area contributed by atoms with Crippen molar-refractivity contribution in [2.45, 2.75) is 38.6 Å². The Bertz CT molecular complexity index is 632. The predicted molar refractivity (Wildman–Crippen MR) is 102 cm³/mol. The van der Waals surface area contributed by atoms with E-state index in [4.69, 9.17) is 5.73 Å². The summed E-state index contributed by atoms with van der Waals surface area (Å²) in [5.41, 5.74) is 10.1. The molecule has 24 heavy (non-hydrogen) atoms. The van der Waals surface area contributed by atoms with Crippen molar-refractivity contribution in [2.75, 3.05) is 19.6 Å². The molecule has 2 heterocycles. The van der Waals surface area contributed by atoms with E-state index < -0.39 is 0 Å². The zero-order chi connectivity index (χ0) is 16.4. The van der Waals surface area contributed by atoms with Gasteiger partial charge in [-0.1, -0.05) is 51.1 Å². The second kappa shape index (κ2) is 7.68. The fourth-order valence-corrected chi connectivity index (χ4v) is 3.73. The Labute approximate surface area is 151 Å². The van der Waals surface area contributed by atoms with Crippen LogP contribution in [0.4, 0.5) is 0 Å². The summed E-state index contributed by atoms with van der Waals surface area (Å²) < 4.78 is 0. The first kappa shape index (κ1) is 19.0. The van der Waals surface area contributed by atoms with E-state index in [0.717, 1.165) is 26.2 Å². The van der Waals surface area contributed by atoms with Crippen molar-refractivity contribution in [1.29, 1.82) is 0 Å². The fraction of sp³-hybridized carbons (Fsp3) is 0.526. The molecule has 132 valence electrons. The van der Waals surface area contributed by atoms with Gasteiger partial charge in [-0.25, -0.2) is 0 Å². The second-order valence-electron chi connectivity index (χ2n) is 7.73. The number of halogens is 1. The van der Waals surface area contributed by atoms with Crippen molar-refractivity contribution < 1.29 is 0 Å². The van der Waals surface area contributed by atoms with E-state index in [0.29, 0.717) is 11.8 Å². The third-order valence-corrected chi connectivity index (χ3v) is 4.91. The Morgan fingerprint density at radius 1 is 1.21 bits per heavy atom. The summed E-state index contributed by atoms with van der Waals surface area (Å²) in [6, 6.07) is 10.8. The largest absolute Gasteiger partial charge is 0.330 e. The number of aromatic amines is 1. The summed E-state index contributed by atoms with van der Waals surface area (Å²) in [7, 11) is 0. The van der Waals surface area contributed by atoms with Gasteiger partial charge in [0.1, 0.15) is 0 Å². The van der Waals surface area contributed by atoms with Crippen molar-refractivity contribution in [3.63, 3.8) is 0 Å². The molecule has 1 saturated heterocycles. The summed E-state index contributed by atoms with van der Waals surface area (Å²) in [6.45, 7) is 10.5. The van der Waals surface area contributed by atoms with Crippen molar-refractivity contribution in [3.8, 4) is 0 Å². The van der Waals surface area contributed by atoms with E-state index in [9.17, 15) is 0 Å². The maximum absolute atomic E-state index is 6.05. The molecule has 0 unspecified atom stereocenters. The van der Waals surface area contributed by atoms with E-state index in [-0.39, 0.29) is 17.8 Å². The average Bonchev–Trinajstić information content (AvgIpc) is 3.14. The standard InChI is InChI=1S/C19H28N4.ClH/c1-19(2,3)18-16(10-21-22-18)12-23-11-15(9-20)17(13-23)14-7-5-4-6-8-14;/h4-8,10,15,17H,9,11-13,20H2,1-3H3,(H,21,22);1H/t15-,17+;/m1./s1. The summed E-state index contributed by atoms with van der Waals surface area (Å²) in [6.07, 6.45) is 1.98. The molecule has 1 fully saturated rings. The first-order valence-corrected chi connectivity index (χ1v) is 8.49. The number of H-pyrrole nitrogens is 1. The molecule has 5 heteroatoms. The van der Waals surface area contributed by atoms with Crippen LogP contribution in [0.3, 0.4) is 0 Å². The van der Waals surface area contributed by atoms with Gasteiger partial charge in [-0.2, -0.15) is 5.10 Å². The van der Waals surface area contributed by atoms with Gasteiger partial charge in [0, 0.05) is 42.2 Å². The van der Waals surface area contributed by atoms with Gasteiger partial charge in [-0.3, -0.25) is 10.00 Å². The highest BCUT2D eigenvalue weighted by Crippen LogP contribution is 2.33. The van der Waals surface area contributed by atoms with Gasteiger partial charge in [0.2, 0.25) is 0 Å². The molecular weight excluding hydrogens is 320 g/mol. The molecule has 0 radical (unpaired) electrons. The predicted octanol–water partition coefficient (Wildman–Crippen LogP) is 3.30. The van der Waals surface area contributed by atoms with E-state index in [1.807, 2.05) is 6.20 Å². The van der Waals surface area contributed by atoms with Crippen LogP contribution in [0.1, 0.15) is 43.5 Å². The molecule has 2 aromatic rings. The van der Waals surface area contributed by atoms with Gasteiger partial charge in [0.05, 0.1) is 6.20 Å². The Balaban J connectivity index is 0.00000208. The number of benzene rings is 1. The minimum absolute atomic E-state index is 0. The SMILES string of the molecule is CC(C)(C)c1[nH]ncc1CN1C[C@@H](CN)[C@H](c2ccccc2)C1.Cl. The second-order valence-corrected chi connectivity index (χ2v) is 7.73. The molecule has 1 aliphatic rings. The molecular formula is C19H29ClN4. The summed E-state index contributed by atoms with van der Waals surface area (Å²) >= 11 is 0. The van der Waals surface area contributed by atoms with E-state index in [2.05, 4.69) is 66.2 Å². The van der Waals surface area contributed by atoms with Crippen LogP contribution in [-0.4, -0.2) is 34.7 Å². The van der Waals surface area contributed by atoms with Gasteiger partial charge >= 0.3 is 0 Å². The van der Waals surface area contributed by atoms with Crippen LogP contribution in [-0.2, 0) is 12.0 Å². The summed E-state index contributed by atoms with van der Waals surface area (Å²) in [5.74, 6) is 1.06. The fourth-order valence-electron chi connectivity index (χ4n) is 3.73. The zero-order valence-corrected chi connectivity index (χ0v) is 15.6. The topological polar surface area (TPSA) is 57.9 Å². The normalized spacial score (nSPS) is 21.7. The van der Waals surface area contributed by atoms with Crippen LogP contribution in [0.2, 0.25) is 0 Å². The van der Waals surface area contributed by atoms with Crippen LogP contribution >= 0.6 is 12.4 Å². The Morgan fingerprint density at radius 3 is 2.54 bits per heavy atom. The first-order chi connectivity index (χ1) is 11.0. The molecule has 2 atom stereocenters. The van der Waals surface area contributed by atoms with E-state index in [1.54, 1.807) is 0 Å². The molecule has 1 aliphatic heterocycles. The van der Waals surface area contributed by atoms with Gasteiger partial charge in [0.15, 0.2) is 0 Å². The Morgan fingerprint density at radius 2 is 1.92 bits per heavy atom. The number of hydrogen-bond acceptors (Lipinski definition) is 3. The van der Waals surface area contributed by atoms with Crippen molar-refractivity contribution in [2.24, 2.45) is 11.7 Å². The van der Waals surface area contributed by atoms with Crippen LogP contribution < -0.4 is 5.73 Å². The Hall–Kier alpha value is -1.36. The number of nitrogens with two attached hydrogens (primary N) is 1. The summed E-state index contributed by atoms with van der Waals surface area (Å²) in [4.78, 5) is 2.52. The lowest BCUT2D eigenvalue weighted by Crippen LogP contribution is -2.24. The monoisotopic (exact) mass is 348 g/mol. The van der Waals surface area contributed by atoms with Crippen molar-refractivity contribution >= 4 is 12.4 Å². The molecule has 4 nitrogen and oxygen atoms in total. The van der Waals surface area contributed by atoms with Crippen molar-refractivity contribution in [1.82, 2.24) is 15.1 Å². The number of rotatable bonds is 4. The van der Waals surface area contributed by atoms with Gasteiger partial charge in [-0.05, 0) is 18.0 Å². The minimum atomic E-state index is 0. The van der Waals surface area contributed by atoms with Gasteiger partial charge < -0.3 is 5.73 Å². The van der Waals surface area contributed by atoms with E-state index in [1.165, 1.54) is 16.8 Å². The lowest BCUT2D eigenvalue weighted by molar-refractivity contribution is 0.314. The molecule has 0 saturated carbocycles. The van der Waals surface area contributed by atoms with Crippen LogP contribution in [0.25, 0.3) is 0 Å². The van der Waals surface area contributed by atoms with Gasteiger partial charge in [0.25, 0.3) is 0 Å². The highest BCUT2D eigenvalue weighted by molar-refractivity contribution is 5.85. The lowest BCUT2D eigenvalue weighted by atomic mass is 9.89. The molecule has 0 bridgehead atoms. The highest BCUT2D eigenvalue weighted by atomic mass is 35.5. The molecule has 1 aromatic carbocycles. The van der Waals surface area contributed by atoms with Gasteiger partial charge in [-0.15, -0.1) is 12.4 Å². The minimum Gasteiger partial charge on any atom is -0.330 e. The number of nitrogens with one attached hydrogen (secondary N) is 1. The zero-order valence-electron chi connectivity index (χ0n) is 14.8. The smallest absolute Gasteiger partial charge is 0.0535 e. The number of aromatic nitrogens is 2. The molecule has 0 spiro atoms. The average molecular weight is 349 g/mol. The Kier molecular flexibility index (Phi) is 6.07. The molecule has 0 aliphatic carbocycles. The highest BCUT2D eigenvalue weighted by Gasteiger charge is 2.33. The molecule has 1 aromatic heterocycles. The summed E-state index contributed by atoms with van der Waals surface area (Å²) in [5, 5.41) is 7.46. The molecule has 0 amide bonds. The number of nitrogens with zero attached hydrogens (tertiary/aromatic N) is 2. The number of likely N-dealkylation sites (tertiary alicyclic amines) is 1. The van der Waals surface area contributed by atoms with Crippen molar-refractivity contribution in [3.05, 3.63) is 53.3 Å². The van der Waals surface area contributed by atoms with E-state index >= 15 is 0 Å². The third-order valence-electron chi connectivity index (χ3n) is 4.91. The van der Waals surface area contributed by atoms with Crippen LogP contribution in [0, 0.1) is 5.92 Å². The quantitative estimate of drug-likeness (QED) is 0.891. The maximum Gasteiger partial charge on any atom is 0.0535 e. The third kappa shape index (κ3) is 4.00. The number of hydrogen-bond donors (Lipinski definition) is 2. The molecule has 3 N–H and O–H groups in total. The first-order valence-electron chi connectivity index (χ1n) is 8.49. The lowest BCUT2D eigenvalue weighted by Gasteiger charge is -2.21. The van der Waals surface area contributed by atoms with Crippen LogP contribution in [0.5, 0.6) is 0 Å². The maximum atomic E-state index is 6.05. The van der Waals surface area contributed by atoms with Crippen LogP contribution in [0.15, 0.2) is 36.5 Å².